The van der Waals surface area contributed by atoms with Crippen LogP contribution in [0, 0.1) is 0 Å². The Labute approximate surface area is 60.5 Å². The second-order valence-corrected chi connectivity index (χ2v) is 3.55. The molecule has 3 heteroatoms. The number of aliphatic imine (C=N–C) groups is 1. The van der Waals surface area contributed by atoms with Gasteiger partial charge in [0.05, 0.1) is 20.6 Å². The van der Waals surface area contributed by atoms with Crippen molar-refractivity contribution >= 4 is 16.9 Å². The first kappa shape index (κ1) is 7.09. The number of thioether (sulfide) groups is 1. The molecule has 0 saturated carbocycles. The largest absolute Gasteiger partial charge is 0.272 e. The van der Waals surface area contributed by atoms with Crippen molar-refractivity contribution in [2.24, 2.45) is 4.99 Å². The van der Waals surface area contributed by atoms with E-state index in [9.17, 15) is 0 Å². The third kappa shape index (κ3) is 1.27. The number of amidine groups is 1. The van der Waals surface area contributed by atoms with Crippen molar-refractivity contribution in [1.82, 2.24) is 0 Å². The first-order valence-electron chi connectivity index (χ1n) is 3.09. The van der Waals surface area contributed by atoms with Gasteiger partial charge >= 0.3 is 0 Å². The molecule has 0 aliphatic carbocycles. The Bertz CT molecular complexity index is 140. The summed E-state index contributed by atoms with van der Waals surface area (Å²) in [6.45, 7) is 2.17. The Hall–Kier alpha value is -0.0200. The molecule has 1 aliphatic rings. The van der Waals surface area contributed by atoms with Crippen LogP contribution in [0.5, 0.6) is 0 Å². The third-order valence-electron chi connectivity index (χ3n) is 1.61. The lowest BCUT2D eigenvalue weighted by atomic mass is 10.6. The molecule has 0 aromatic heterocycles. The molecule has 9 heavy (non-hydrogen) atoms. The van der Waals surface area contributed by atoms with Gasteiger partial charge in [-0.05, 0) is 6.26 Å². The Morgan fingerprint density at radius 3 is 2.44 bits per heavy atom. The van der Waals surface area contributed by atoms with Crippen LogP contribution >= 0.6 is 11.8 Å². The van der Waals surface area contributed by atoms with E-state index in [-0.39, 0.29) is 0 Å². The summed E-state index contributed by atoms with van der Waals surface area (Å²) in [5, 5.41) is 1.26. The lowest BCUT2D eigenvalue weighted by Crippen LogP contribution is -2.40. The molecule has 0 spiro atoms. The van der Waals surface area contributed by atoms with E-state index in [1.165, 1.54) is 5.17 Å². The molecular formula is C6H13N2S+. The molecule has 0 unspecified atom stereocenters. The maximum absolute atomic E-state index is 4.36. The van der Waals surface area contributed by atoms with Crippen LogP contribution in [0.4, 0.5) is 0 Å². The molecule has 1 heterocycles. The topological polar surface area (TPSA) is 12.4 Å². The second-order valence-electron chi connectivity index (χ2n) is 2.78. The van der Waals surface area contributed by atoms with Crippen molar-refractivity contribution in [3.8, 4) is 0 Å². The van der Waals surface area contributed by atoms with Crippen LogP contribution in [0.3, 0.4) is 0 Å². The molecule has 0 radical (unpaired) electrons. The number of hydrogen-bond donors (Lipinski definition) is 0. The Balaban J connectivity index is 2.69. The minimum atomic E-state index is 0.973. The molecule has 0 bridgehead atoms. The molecule has 0 aromatic rings. The summed E-state index contributed by atoms with van der Waals surface area (Å²) in [5.41, 5.74) is 0. The number of hydrogen-bond acceptors (Lipinski definition) is 2. The van der Waals surface area contributed by atoms with Crippen molar-refractivity contribution in [3.63, 3.8) is 0 Å². The third-order valence-corrected chi connectivity index (χ3v) is 2.59. The van der Waals surface area contributed by atoms with Crippen molar-refractivity contribution in [1.29, 1.82) is 0 Å². The van der Waals surface area contributed by atoms with E-state index in [2.05, 4.69) is 25.3 Å². The lowest BCUT2D eigenvalue weighted by Gasteiger charge is -2.22. The Morgan fingerprint density at radius 1 is 1.56 bits per heavy atom. The molecule has 52 valence electrons. The van der Waals surface area contributed by atoms with Crippen LogP contribution in [0.2, 0.25) is 0 Å². The lowest BCUT2D eigenvalue weighted by molar-refractivity contribution is -0.787. The predicted molar refractivity (Wildman–Crippen MR) is 42.8 cm³/mol. The average molecular weight is 145 g/mol. The monoisotopic (exact) mass is 145 g/mol. The zero-order valence-corrected chi connectivity index (χ0v) is 7.03. The van der Waals surface area contributed by atoms with Crippen LogP contribution in [-0.4, -0.2) is 43.1 Å². The van der Waals surface area contributed by atoms with Crippen LogP contribution in [-0.2, 0) is 0 Å². The number of quaternary nitrogens is 1. The second kappa shape index (κ2) is 2.31. The van der Waals surface area contributed by atoms with Crippen LogP contribution in [0.25, 0.3) is 0 Å². The highest BCUT2D eigenvalue weighted by Gasteiger charge is 2.27. The summed E-state index contributed by atoms with van der Waals surface area (Å²) >= 11 is 1.76. The smallest absolute Gasteiger partial charge is 0.258 e. The van der Waals surface area contributed by atoms with Gasteiger partial charge in [0, 0.05) is 0 Å². The van der Waals surface area contributed by atoms with E-state index in [0.717, 1.165) is 17.6 Å². The predicted octanol–water partition coefficient (Wildman–Crippen LogP) is 0.795. The minimum absolute atomic E-state index is 0.973. The van der Waals surface area contributed by atoms with E-state index >= 15 is 0 Å². The molecule has 1 aliphatic heterocycles. The van der Waals surface area contributed by atoms with Crippen molar-refractivity contribution in [2.75, 3.05) is 33.4 Å². The first-order chi connectivity index (χ1) is 4.17. The van der Waals surface area contributed by atoms with Gasteiger partial charge in [-0.1, -0.05) is 11.8 Å². The van der Waals surface area contributed by atoms with Gasteiger partial charge in [-0.15, -0.1) is 0 Å². The van der Waals surface area contributed by atoms with Gasteiger partial charge in [-0.25, -0.2) is 4.99 Å². The van der Waals surface area contributed by atoms with Crippen LogP contribution < -0.4 is 0 Å². The van der Waals surface area contributed by atoms with Gasteiger partial charge in [0.2, 0.25) is 0 Å². The average Bonchev–Trinajstić information content (AvgIpc) is 2.08. The maximum Gasteiger partial charge on any atom is 0.258 e. The minimum Gasteiger partial charge on any atom is -0.272 e. The molecule has 0 atom stereocenters. The highest BCUT2D eigenvalue weighted by atomic mass is 32.2. The first-order valence-corrected chi connectivity index (χ1v) is 4.31. The van der Waals surface area contributed by atoms with E-state index in [0.29, 0.717) is 0 Å². The zero-order valence-electron chi connectivity index (χ0n) is 6.22. The molecule has 0 amide bonds. The Morgan fingerprint density at radius 2 is 2.22 bits per heavy atom. The molecule has 0 aromatic carbocycles. The fourth-order valence-electron chi connectivity index (χ4n) is 0.994. The fraction of sp³-hybridized carbons (Fsp3) is 0.833. The molecule has 0 fully saturated rings. The van der Waals surface area contributed by atoms with Crippen molar-refractivity contribution < 1.29 is 4.48 Å². The molecule has 1 rings (SSSR count). The highest BCUT2D eigenvalue weighted by Crippen LogP contribution is 2.15. The molecule has 0 N–H and O–H groups in total. The SMILES string of the molecule is CSC1=NCC[N+]1(C)C. The molecular weight excluding hydrogens is 132 g/mol. The highest BCUT2D eigenvalue weighted by molar-refractivity contribution is 8.12. The van der Waals surface area contributed by atoms with Crippen LogP contribution in [0.15, 0.2) is 4.99 Å². The van der Waals surface area contributed by atoms with E-state index < -0.39 is 0 Å². The summed E-state index contributed by atoms with van der Waals surface area (Å²) in [5.74, 6) is 0. The van der Waals surface area contributed by atoms with Crippen molar-refractivity contribution in [2.45, 2.75) is 0 Å². The van der Waals surface area contributed by atoms with E-state index in [4.69, 9.17) is 0 Å². The zero-order chi connectivity index (χ0) is 6.91. The van der Waals surface area contributed by atoms with Gasteiger partial charge in [0.15, 0.2) is 0 Å². The standard InChI is InChI=1S/C6H13N2S/c1-8(2)5-4-7-6(8)9-3/h4-5H2,1-3H3/q+1. The maximum atomic E-state index is 4.36. The summed E-state index contributed by atoms with van der Waals surface area (Å²) in [4.78, 5) is 4.36. The Kier molecular flexibility index (Phi) is 1.82. The summed E-state index contributed by atoms with van der Waals surface area (Å²) in [7, 11) is 4.39. The van der Waals surface area contributed by atoms with E-state index in [1.54, 1.807) is 11.8 Å². The fourth-order valence-corrected chi connectivity index (χ4v) is 1.80. The quantitative estimate of drug-likeness (QED) is 0.459. The summed E-state index contributed by atoms with van der Waals surface area (Å²) in [6.07, 6.45) is 2.09. The van der Waals surface area contributed by atoms with Gasteiger partial charge < -0.3 is 0 Å². The molecule has 0 saturated heterocycles. The van der Waals surface area contributed by atoms with Gasteiger partial charge in [0.25, 0.3) is 5.17 Å². The van der Waals surface area contributed by atoms with Gasteiger partial charge in [0.1, 0.15) is 6.54 Å². The van der Waals surface area contributed by atoms with Gasteiger partial charge in [-0.2, -0.15) is 0 Å². The summed E-state index contributed by atoms with van der Waals surface area (Å²) in [6, 6.07) is 0. The normalized spacial score (nSPS) is 24.1. The van der Waals surface area contributed by atoms with Crippen LogP contribution in [0.1, 0.15) is 0 Å². The van der Waals surface area contributed by atoms with Crippen molar-refractivity contribution in [3.05, 3.63) is 0 Å². The van der Waals surface area contributed by atoms with Gasteiger partial charge in [-0.3, -0.25) is 4.48 Å². The number of rotatable bonds is 0. The number of nitrogens with zero attached hydrogens (tertiary/aromatic N) is 2. The molecule has 2 nitrogen and oxygen atoms in total. The van der Waals surface area contributed by atoms with E-state index in [1.807, 2.05) is 0 Å². The summed E-state index contributed by atoms with van der Waals surface area (Å²) < 4.78 is 0.973. The number of likely N-dealkylation sites (N-methyl/N-ethyl adjacent to an activating group) is 1.